The highest BCUT2D eigenvalue weighted by atomic mass is 32.2. The summed E-state index contributed by atoms with van der Waals surface area (Å²) in [5.74, 6) is 1.63. The fourth-order valence-corrected chi connectivity index (χ4v) is 3.94. The van der Waals surface area contributed by atoms with Crippen molar-refractivity contribution >= 4 is 23.4 Å². The number of hydrogen-bond acceptors (Lipinski definition) is 5. The van der Waals surface area contributed by atoms with Crippen LogP contribution in [0.25, 0.3) is 0 Å². The van der Waals surface area contributed by atoms with Gasteiger partial charge in [-0.05, 0) is 74.2 Å². The van der Waals surface area contributed by atoms with E-state index in [0.717, 1.165) is 22.6 Å². The van der Waals surface area contributed by atoms with Crippen LogP contribution in [0.4, 0.5) is 5.69 Å². The van der Waals surface area contributed by atoms with E-state index in [4.69, 9.17) is 4.74 Å². The van der Waals surface area contributed by atoms with E-state index in [1.165, 1.54) is 22.9 Å². The average Bonchev–Trinajstić information content (AvgIpc) is 3.08. The van der Waals surface area contributed by atoms with Crippen LogP contribution >= 0.6 is 11.8 Å². The normalized spacial score (nSPS) is 10.7. The van der Waals surface area contributed by atoms with Crippen LogP contribution < -0.4 is 10.1 Å². The van der Waals surface area contributed by atoms with Gasteiger partial charge in [0.15, 0.2) is 11.0 Å². The molecule has 2 aromatic carbocycles. The van der Waals surface area contributed by atoms with Crippen LogP contribution in [0, 0.1) is 27.7 Å². The number of ether oxygens (including phenoxy) is 1. The number of anilines is 1. The molecule has 31 heavy (non-hydrogen) atoms. The summed E-state index contributed by atoms with van der Waals surface area (Å²) in [6.45, 7) is 12.8. The lowest BCUT2D eigenvalue weighted by atomic mass is 10.1. The van der Waals surface area contributed by atoms with Crippen molar-refractivity contribution in [1.82, 2.24) is 14.8 Å². The summed E-state index contributed by atoms with van der Waals surface area (Å²) in [6.07, 6.45) is 1.78. The molecule has 1 heterocycles. The van der Waals surface area contributed by atoms with E-state index < -0.39 is 0 Å². The molecule has 1 amide bonds. The van der Waals surface area contributed by atoms with Gasteiger partial charge in [0, 0.05) is 12.2 Å². The van der Waals surface area contributed by atoms with Crippen molar-refractivity contribution in [2.75, 3.05) is 11.1 Å². The van der Waals surface area contributed by atoms with Gasteiger partial charge in [0.05, 0.1) is 5.75 Å². The Labute approximate surface area is 187 Å². The molecule has 1 aromatic heterocycles. The predicted molar refractivity (Wildman–Crippen MR) is 126 cm³/mol. The van der Waals surface area contributed by atoms with Gasteiger partial charge in [0.1, 0.15) is 12.4 Å². The minimum atomic E-state index is -0.0870. The lowest BCUT2D eigenvalue weighted by Crippen LogP contribution is -2.15. The molecule has 1 N–H and O–H groups in total. The molecule has 0 spiro atoms. The molecule has 0 fully saturated rings. The summed E-state index contributed by atoms with van der Waals surface area (Å²) in [5, 5.41) is 12.1. The highest BCUT2D eigenvalue weighted by Crippen LogP contribution is 2.21. The topological polar surface area (TPSA) is 69.0 Å². The second-order valence-corrected chi connectivity index (χ2v) is 8.49. The summed E-state index contributed by atoms with van der Waals surface area (Å²) in [5.41, 5.74) is 5.43. The minimum Gasteiger partial charge on any atom is -0.486 e. The number of aromatic nitrogens is 3. The molecule has 3 rings (SSSR count). The summed E-state index contributed by atoms with van der Waals surface area (Å²) in [6, 6.07) is 12.0. The Hall–Kier alpha value is -3.06. The monoisotopic (exact) mass is 436 g/mol. The van der Waals surface area contributed by atoms with Gasteiger partial charge < -0.3 is 10.1 Å². The number of nitrogens with one attached hydrogen (secondary N) is 1. The van der Waals surface area contributed by atoms with Crippen LogP contribution in [-0.4, -0.2) is 26.4 Å². The van der Waals surface area contributed by atoms with E-state index >= 15 is 0 Å². The maximum absolute atomic E-state index is 12.4. The summed E-state index contributed by atoms with van der Waals surface area (Å²) in [7, 11) is 0. The van der Waals surface area contributed by atoms with Crippen LogP contribution in [-0.2, 0) is 17.9 Å². The molecule has 0 saturated heterocycles. The van der Waals surface area contributed by atoms with Gasteiger partial charge in [-0.1, -0.05) is 30.0 Å². The average molecular weight is 437 g/mol. The number of carbonyl (C=O) groups excluding carboxylic acids is 1. The molecule has 0 aliphatic carbocycles. The Kier molecular flexibility index (Phi) is 7.52. The summed E-state index contributed by atoms with van der Waals surface area (Å²) in [4.78, 5) is 12.4. The third-order valence-corrected chi connectivity index (χ3v) is 5.76. The van der Waals surface area contributed by atoms with Crippen LogP contribution in [0.5, 0.6) is 5.75 Å². The Balaban J connectivity index is 1.63. The molecule has 0 atom stereocenters. The van der Waals surface area contributed by atoms with Crippen molar-refractivity contribution in [2.45, 2.75) is 46.0 Å². The Bertz CT molecular complexity index is 1070. The minimum absolute atomic E-state index is 0.0870. The molecular weight excluding hydrogens is 408 g/mol. The summed E-state index contributed by atoms with van der Waals surface area (Å²) < 4.78 is 7.83. The number of benzene rings is 2. The molecule has 0 unspecified atom stereocenters. The molecule has 162 valence electrons. The Morgan fingerprint density at radius 1 is 1.10 bits per heavy atom. The van der Waals surface area contributed by atoms with Crippen LogP contribution in [0.1, 0.15) is 28.1 Å². The molecule has 3 aromatic rings. The number of hydrogen-bond donors (Lipinski definition) is 1. The zero-order valence-electron chi connectivity index (χ0n) is 18.4. The maximum atomic E-state index is 12.4. The van der Waals surface area contributed by atoms with Gasteiger partial charge in [0.25, 0.3) is 0 Å². The third-order valence-electron chi connectivity index (χ3n) is 4.79. The van der Waals surface area contributed by atoms with E-state index in [-0.39, 0.29) is 11.7 Å². The second-order valence-electron chi connectivity index (χ2n) is 7.55. The van der Waals surface area contributed by atoms with Crippen LogP contribution in [0.2, 0.25) is 0 Å². The largest absolute Gasteiger partial charge is 0.486 e. The quantitative estimate of drug-likeness (QED) is 0.377. The first-order chi connectivity index (χ1) is 14.9. The van der Waals surface area contributed by atoms with E-state index in [9.17, 15) is 4.79 Å². The van der Waals surface area contributed by atoms with Gasteiger partial charge >= 0.3 is 0 Å². The number of thioether (sulfide) groups is 1. The second kappa shape index (κ2) is 10.3. The molecule has 0 radical (unpaired) electrons. The number of rotatable bonds is 9. The molecule has 7 heteroatoms. The molecule has 0 aliphatic heterocycles. The van der Waals surface area contributed by atoms with Crippen LogP contribution in [0.3, 0.4) is 0 Å². The molecule has 6 nitrogen and oxygen atoms in total. The maximum Gasteiger partial charge on any atom is 0.234 e. The predicted octanol–water partition coefficient (Wildman–Crippen LogP) is 5.01. The number of allylic oxidation sites excluding steroid dienone is 1. The SMILES string of the molecule is C=CCn1c(COc2ccc(C)c(C)c2)nnc1SCC(=O)Nc1cc(C)cc(C)c1. The number of amides is 1. The lowest BCUT2D eigenvalue weighted by Gasteiger charge is -2.10. The molecule has 0 aliphatic rings. The molecular formula is C24H28N4O2S. The molecule has 0 saturated carbocycles. The zero-order valence-corrected chi connectivity index (χ0v) is 19.3. The number of aryl methyl sites for hydroxylation is 4. The third kappa shape index (κ3) is 6.21. The van der Waals surface area contributed by atoms with E-state index in [0.29, 0.717) is 24.1 Å². The fourth-order valence-electron chi connectivity index (χ4n) is 3.17. The highest BCUT2D eigenvalue weighted by Gasteiger charge is 2.14. The van der Waals surface area contributed by atoms with Gasteiger partial charge in [-0.3, -0.25) is 9.36 Å². The van der Waals surface area contributed by atoms with Crippen molar-refractivity contribution in [3.63, 3.8) is 0 Å². The summed E-state index contributed by atoms with van der Waals surface area (Å²) >= 11 is 1.34. The van der Waals surface area contributed by atoms with Gasteiger partial charge in [-0.25, -0.2) is 0 Å². The number of nitrogens with zero attached hydrogens (tertiary/aromatic N) is 3. The standard InChI is InChI=1S/C24H28N4O2S/c1-6-9-28-22(14-30-21-8-7-18(4)19(5)13-21)26-27-24(28)31-15-23(29)25-20-11-16(2)10-17(3)12-20/h6-8,10-13H,1,9,14-15H2,2-5H3,(H,25,29). The first-order valence-corrected chi connectivity index (χ1v) is 11.1. The van der Waals surface area contributed by atoms with Crippen molar-refractivity contribution in [3.05, 3.63) is 77.1 Å². The fraction of sp³-hybridized carbons (Fsp3) is 0.292. The molecule has 0 bridgehead atoms. The van der Waals surface area contributed by atoms with Gasteiger partial charge in [-0.15, -0.1) is 16.8 Å². The first-order valence-electron chi connectivity index (χ1n) is 10.1. The van der Waals surface area contributed by atoms with Gasteiger partial charge in [-0.2, -0.15) is 0 Å². The highest BCUT2D eigenvalue weighted by molar-refractivity contribution is 7.99. The van der Waals surface area contributed by atoms with Crippen molar-refractivity contribution in [3.8, 4) is 5.75 Å². The van der Waals surface area contributed by atoms with E-state index in [1.807, 2.05) is 48.7 Å². The number of carbonyl (C=O) groups is 1. The lowest BCUT2D eigenvalue weighted by molar-refractivity contribution is -0.113. The zero-order chi connectivity index (χ0) is 22.4. The Morgan fingerprint density at radius 2 is 1.84 bits per heavy atom. The van der Waals surface area contributed by atoms with Crippen molar-refractivity contribution in [2.24, 2.45) is 0 Å². The van der Waals surface area contributed by atoms with Crippen LogP contribution in [0.15, 0.2) is 54.2 Å². The Morgan fingerprint density at radius 3 is 2.52 bits per heavy atom. The van der Waals surface area contributed by atoms with E-state index in [2.05, 4.69) is 42.0 Å². The smallest absolute Gasteiger partial charge is 0.234 e. The van der Waals surface area contributed by atoms with Crippen molar-refractivity contribution in [1.29, 1.82) is 0 Å². The first kappa shape index (κ1) is 22.6. The van der Waals surface area contributed by atoms with E-state index in [1.54, 1.807) is 6.08 Å². The van der Waals surface area contributed by atoms with Gasteiger partial charge in [0.2, 0.25) is 5.91 Å². The van der Waals surface area contributed by atoms with Crippen molar-refractivity contribution < 1.29 is 9.53 Å².